The van der Waals surface area contributed by atoms with Gasteiger partial charge in [-0.05, 0) is 60.6 Å². The summed E-state index contributed by atoms with van der Waals surface area (Å²) in [6.07, 6.45) is 8.06. The molecular formula is C23H34N2O. The number of allylic oxidation sites excluding steroid dienone is 1. The second kappa shape index (κ2) is 7.85. The molecule has 0 spiro atoms. The van der Waals surface area contributed by atoms with Gasteiger partial charge in [0, 0.05) is 18.8 Å². The highest BCUT2D eigenvalue weighted by molar-refractivity contribution is 5.89. The van der Waals surface area contributed by atoms with Crippen LogP contribution in [0.2, 0.25) is 0 Å². The van der Waals surface area contributed by atoms with Crippen LogP contribution in [0.4, 0.5) is 10.5 Å². The molecule has 1 aromatic carbocycles. The van der Waals surface area contributed by atoms with Crippen molar-refractivity contribution in [3.63, 3.8) is 0 Å². The molecule has 3 aliphatic rings. The summed E-state index contributed by atoms with van der Waals surface area (Å²) in [6, 6.07) is 8.23. The van der Waals surface area contributed by atoms with E-state index in [0.29, 0.717) is 11.3 Å². The first-order chi connectivity index (χ1) is 12.5. The number of rotatable bonds is 7. The molecule has 0 radical (unpaired) electrons. The molecule has 0 saturated heterocycles. The van der Waals surface area contributed by atoms with Gasteiger partial charge in [-0.15, -0.1) is 0 Å². The number of nitrogens with zero attached hydrogens (tertiary/aromatic N) is 1. The van der Waals surface area contributed by atoms with Gasteiger partial charge < -0.3 is 10.2 Å². The molecule has 0 aromatic heterocycles. The smallest absolute Gasteiger partial charge is 0.321 e. The van der Waals surface area contributed by atoms with E-state index < -0.39 is 0 Å². The number of carbonyl (C=O) groups is 1. The summed E-state index contributed by atoms with van der Waals surface area (Å²) >= 11 is 0. The SMILES string of the molecule is CCCCN(CC1=CCC2CC1C2(C)C)C(=O)Nc1ccc(CC)cc1. The first-order valence-electron chi connectivity index (χ1n) is 10.3. The van der Waals surface area contributed by atoms with Gasteiger partial charge in [-0.25, -0.2) is 4.79 Å². The average molecular weight is 355 g/mol. The number of hydrogen-bond acceptors (Lipinski definition) is 1. The standard InChI is InChI=1S/C23H34N2O/c1-5-7-14-25(16-18-10-11-19-15-21(18)23(19,3)4)22(26)24-20-12-8-17(6-2)9-13-20/h8-10,12-13,19,21H,5-7,11,14-16H2,1-4H3,(H,24,26). The fourth-order valence-corrected chi connectivity index (χ4v) is 4.50. The number of nitrogens with one attached hydrogen (secondary N) is 1. The average Bonchev–Trinajstić information content (AvgIpc) is 2.65. The predicted octanol–water partition coefficient (Wildman–Crippen LogP) is 5.88. The number of hydrogen-bond donors (Lipinski definition) is 1. The van der Waals surface area contributed by atoms with Gasteiger partial charge in [0.2, 0.25) is 0 Å². The van der Waals surface area contributed by atoms with E-state index >= 15 is 0 Å². The Morgan fingerprint density at radius 1 is 1.23 bits per heavy atom. The zero-order chi connectivity index (χ0) is 18.7. The van der Waals surface area contributed by atoms with Crippen LogP contribution in [0, 0.1) is 17.3 Å². The summed E-state index contributed by atoms with van der Waals surface area (Å²) < 4.78 is 0. The summed E-state index contributed by atoms with van der Waals surface area (Å²) in [5.74, 6) is 1.49. The predicted molar refractivity (Wildman–Crippen MR) is 109 cm³/mol. The number of anilines is 1. The van der Waals surface area contributed by atoms with Crippen molar-refractivity contribution in [1.29, 1.82) is 0 Å². The zero-order valence-electron chi connectivity index (χ0n) is 16.8. The number of unbranched alkanes of at least 4 members (excludes halogenated alkanes) is 1. The number of aryl methyl sites for hydroxylation is 1. The molecule has 1 fully saturated rings. The third-order valence-electron chi connectivity index (χ3n) is 6.64. The van der Waals surface area contributed by atoms with Crippen molar-refractivity contribution in [3.8, 4) is 0 Å². The van der Waals surface area contributed by atoms with Crippen LogP contribution < -0.4 is 5.32 Å². The molecule has 2 bridgehead atoms. The Morgan fingerprint density at radius 2 is 1.96 bits per heavy atom. The minimum atomic E-state index is 0.0304. The Bertz CT molecular complexity index is 659. The normalized spacial score (nSPS) is 23.0. The molecule has 4 rings (SSSR count). The van der Waals surface area contributed by atoms with Gasteiger partial charge in [0.05, 0.1) is 0 Å². The summed E-state index contributed by atoms with van der Waals surface area (Å²) in [6.45, 7) is 10.7. The first-order valence-corrected chi connectivity index (χ1v) is 10.3. The van der Waals surface area contributed by atoms with E-state index in [2.05, 4.69) is 51.2 Å². The summed E-state index contributed by atoms with van der Waals surface area (Å²) in [4.78, 5) is 14.9. The van der Waals surface area contributed by atoms with Gasteiger partial charge in [-0.1, -0.05) is 57.9 Å². The van der Waals surface area contributed by atoms with Crippen molar-refractivity contribution < 1.29 is 4.79 Å². The zero-order valence-corrected chi connectivity index (χ0v) is 16.8. The lowest BCUT2D eigenvalue weighted by Gasteiger charge is -2.57. The van der Waals surface area contributed by atoms with Gasteiger partial charge >= 0.3 is 6.03 Å². The fourth-order valence-electron chi connectivity index (χ4n) is 4.50. The Morgan fingerprint density at radius 3 is 2.54 bits per heavy atom. The molecule has 3 nitrogen and oxygen atoms in total. The minimum absolute atomic E-state index is 0.0304. The van der Waals surface area contributed by atoms with E-state index in [1.54, 1.807) is 0 Å². The van der Waals surface area contributed by atoms with Crippen molar-refractivity contribution in [1.82, 2.24) is 4.90 Å². The van der Waals surface area contributed by atoms with Crippen LogP contribution >= 0.6 is 0 Å². The van der Waals surface area contributed by atoms with Crippen molar-refractivity contribution in [2.45, 2.75) is 59.8 Å². The molecule has 2 amide bonds. The lowest BCUT2D eigenvalue weighted by atomic mass is 9.49. The Hall–Kier alpha value is -1.77. The van der Waals surface area contributed by atoms with E-state index in [-0.39, 0.29) is 6.03 Å². The highest BCUT2D eigenvalue weighted by Crippen LogP contribution is 2.59. The molecule has 2 unspecified atom stereocenters. The van der Waals surface area contributed by atoms with Crippen LogP contribution in [-0.4, -0.2) is 24.0 Å². The Kier molecular flexibility index (Phi) is 5.74. The topological polar surface area (TPSA) is 32.3 Å². The first kappa shape index (κ1) is 19.0. The Labute approximate surface area is 158 Å². The van der Waals surface area contributed by atoms with Crippen LogP contribution in [0.5, 0.6) is 0 Å². The van der Waals surface area contributed by atoms with E-state index in [1.165, 1.54) is 24.0 Å². The minimum Gasteiger partial charge on any atom is -0.321 e. The molecule has 0 heterocycles. The second-order valence-electron chi connectivity index (χ2n) is 8.58. The molecule has 1 aromatic rings. The van der Waals surface area contributed by atoms with Crippen molar-refractivity contribution in [2.75, 3.05) is 18.4 Å². The number of amides is 2. The molecular weight excluding hydrogens is 320 g/mol. The molecule has 26 heavy (non-hydrogen) atoms. The van der Waals surface area contributed by atoms with Crippen LogP contribution in [-0.2, 0) is 6.42 Å². The quantitative estimate of drug-likeness (QED) is 0.610. The number of carbonyl (C=O) groups excluding carboxylic acids is 1. The van der Waals surface area contributed by atoms with Gasteiger partial charge in [-0.3, -0.25) is 0 Å². The largest absolute Gasteiger partial charge is 0.322 e. The van der Waals surface area contributed by atoms with Crippen LogP contribution in [0.1, 0.15) is 58.9 Å². The molecule has 1 saturated carbocycles. The third-order valence-corrected chi connectivity index (χ3v) is 6.64. The molecule has 3 heteroatoms. The van der Waals surface area contributed by atoms with Gasteiger partial charge in [0.15, 0.2) is 0 Å². The second-order valence-corrected chi connectivity index (χ2v) is 8.58. The van der Waals surface area contributed by atoms with E-state index in [4.69, 9.17) is 0 Å². The lowest BCUT2D eigenvalue weighted by Crippen LogP contribution is -2.50. The number of urea groups is 1. The van der Waals surface area contributed by atoms with E-state index in [0.717, 1.165) is 44.0 Å². The number of benzene rings is 1. The van der Waals surface area contributed by atoms with Gasteiger partial charge in [0.1, 0.15) is 0 Å². The monoisotopic (exact) mass is 354 g/mol. The molecule has 2 atom stereocenters. The highest BCUT2D eigenvalue weighted by atomic mass is 16.2. The molecule has 142 valence electrons. The molecule has 1 N–H and O–H groups in total. The number of fused-ring (bicyclic) bond motifs is 1. The van der Waals surface area contributed by atoms with E-state index in [1.807, 2.05) is 17.0 Å². The van der Waals surface area contributed by atoms with Crippen LogP contribution in [0.25, 0.3) is 0 Å². The van der Waals surface area contributed by atoms with Gasteiger partial charge in [-0.2, -0.15) is 0 Å². The van der Waals surface area contributed by atoms with E-state index in [9.17, 15) is 4.79 Å². The van der Waals surface area contributed by atoms with Crippen molar-refractivity contribution >= 4 is 11.7 Å². The molecule has 3 aliphatic carbocycles. The highest BCUT2D eigenvalue weighted by Gasteiger charge is 2.51. The van der Waals surface area contributed by atoms with Crippen LogP contribution in [0.3, 0.4) is 0 Å². The third kappa shape index (κ3) is 3.82. The summed E-state index contributed by atoms with van der Waals surface area (Å²) in [7, 11) is 0. The molecule has 0 aliphatic heterocycles. The van der Waals surface area contributed by atoms with Crippen molar-refractivity contribution in [2.24, 2.45) is 17.3 Å². The Balaban J connectivity index is 1.66. The van der Waals surface area contributed by atoms with Crippen molar-refractivity contribution in [3.05, 3.63) is 41.5 Å². The maximum absolute atomic E-state index is 12.9. The fraction of sp³-hybridized carbons (Fsp3) is 0.609. The van der Waals surface area contributed by atoms with Crippen LogP contribution in [0.15, 0.2) is 35.9 Å². The maximum atomic E-state index is 12.9. The lowest BCUT2D eigenvalue weighted by molar-refractivity contribution is -0.00952. The maximum Gasteiger partial charge on any atom is 0.322 e. The summed E-state index contributed by atoms with van der Waals surface area (Å²) in [5, 5.41) is 3.10. The summed E-state index contributed by atoms with van der Waals surface area (Å²) in [5.41, 5.74) is 4.06. The van der Waals surface area contributed by atoms with Gasteiger partial charge in [0.25, 0.3) is 0 Å².